The van der Waals surface area contributed by atoms with E-state index < -0.39 is 11.3 Å². The molecule has 0 aliphatic carbocycles. The van der Waals surface area contributed by atoms with E-state index in [1.807, 2.05) is 0 Å². The van der Waals surface area contributed by atoms with E-state index in [0.717, 1.165) is 5.56 Å². The molecule has 0 saturated carbocycles. The summed E-state index contributed by atoms with van der Waals surface area (Å²) in [6, 6.07) is 6.83. The molecule has 0 amide bonds. The fraction of sp³-hybridized carbons (Fsp3) is 0. The zero-order chi connectivity index (χ0) is 9.84. The maximum Gasteiger partial charge on any atom is 0.259 e. The Morgan fingerprint density at radius 1 is 1.46 bits per heavy atom. The van der Waals surface area contributed by atoms with Crippen LogP contribution in [0.5, 0.6) is 0 Å². The summed E-state index contributed by atoms with van der Waals surface area (Å²) in [5, 5.41) is 0. The Kier molecular flexibility index (Phi) is 3.05. The van der Waals surface area contributed by atoms with E-state index in [-0.39, 0.29) is 0 Å². The van der Waals surface area contributed by atoms with Crippen molar-refractivity contribution in [2.45, 2.75) is 0 Å². The molecule has 1 unspecified atom stereocenters. The quantitative estimate of drug-likeness (QED) is 0.500. The van der Waals surface area contributed by atoms with Crippen molar-refractivity contribution >= 4 is 22.7 Å². The first-order chi connectivity index (χ1) is 6.09. The summed E-state index contributed by atoms with van der Waals surface area (Å²) in [5.74, 6) is 0. The zero-order valence-electron chi connectivity index (χ0n) is 6.86. The number of nitrogen functional groups attached to an aromatic ring is 1. The van der Waals surface area contributed by atoms with E-state index in [1.54, 1.807) is 24.3 Å². The van der Waals surface area contributed by atoms with Crippen LogP contribution in [-0.4, -0.2) is 8.76 Å². The summed E-state index contributed by atoms with van der Waals surface area (Å²) in [7, 11) is 0. The summed E-state index contributed by atoms with van der Waals surface area (Å²) in [4.78, 5) is 0. The summed E-state index contributed by atoms with van der Waals surface area (Å²) < 4.78 is 21.1. The van der Waals surface area contributed by atoms with Crippen LogP contribution >= 0.6 is 0 Å². The minimum Gasteiger partial charge on any atom is -0.399 e. The first-order valence-electron chi connectivity index (χ1n) is 3.52. The second-order valence-corrected chi connectivity index (χ2v) is 3.15. The maximum absolute atomic E-state index is 10.4. The molecule has 1 aromatic carbocycles. The average Bonchev–Trinajstić information content (AvgIpc) is 2.04. The standard InChI is InChI=1S/C8H10N2O2S/c1-6(10-13(11)12)7-2-4-8(9)5-3-7/h2-5,10H,1,9H2,(H,11,12). The van der Waals surface area contributed by atoms with Crippen molar-refractivity contribution in [3.05, 3.63) is 36.4 Å². The molecule has 0 heterocycles. The molecular formula is C8H10N2O2S. The number of anilines is 1. The lowest BCUT2D eigenvalue weighted by Gasteiger charge is -2.05. The van der Waals surface area contributed by atoms with Gasteiger partial charge >= 0.3 is 0 Å². The lowest BCUT2D eigenvalue weighted by molar-refractivity contribution is 0.559. The number of nitrogens with one attached hydrogen (secondary N) is 1. The van der Waals surface area contributed by atoms with Gasteiger partial charge in [0.2, 0.25) is 0 Å². The normalized spacial score (nSPS) is 12.1. The van der Waals surface area contributed by atoms with Gasteiger partial charge in [-0.3, -0.25) is 9.27 Å². The lowest BCUT2D eigenvalue weighted by Crippen LogP contribution is -2.13. The molecular weight excluding hydrogens is 188 g/mol. The third-order valence-electron chi connectivity index (χ3n) is 1.47. The molecule has 4 N–H and O–H groups in total. The van der Waals surface area contributed by atoms with Crippen molar-refractivity contribution in [3.8, 4) is 0 Å². The molecule has 70 valence electrons. The maximum atomic E-state index is 10.4. The van der Waals surface area contributed by atoms with Crippen molar-refractivity contribution in [1.82, 2.24) is 4.72 Å². The molecule has 0 saturated heterocycles. The van der Waals surface area contributed by atoms with Crippen molar-refractivity contribution in [2.24, 2.45) is 0 Å². The second kappa shape index (κ2) is 4.06. The molecule has 5 heteroatoms. The first-order valence-corrected chi connectivity index (χ1v) is 4.62. The van der Waals surface area contributed by atoms with Crippen molar-refractivity contribution in [1.29, 1.82) is 0 Å². The van der Waals surface area contributed by atoms with Gasteiger partial charge in [0, 0.05) is 11.4 Å². The molecule has 0 aromatic heterocycles. The van der Waals surface area contributed by atoms with Gasteiger partial charge < -0.3 is 5.73 Å². The molecule has 4 nitrogen and oxygen atoms in total. The minimum atomic E-state index is -2.08. The third kappa shape index (κ3) is 2.89. The van der Waals surface area contributed by atoms with E-state index in [1.165, 1.54) is 0 Å². The molecule has 0 bridgehead atoms. The monoisotopic (exact) mass is 198 g/mol. The number of hydrogen-bond donors (Lipinski definition) is 3. The molecule has 13 heavy (non-hydrogen) atoms. The van der Waals surface area contributed by atoms with E-state index in [0.29, 0.717) is 11.4 Å². The highest BCUT2D eigenvalue weighted by Gasteiger charge is 1.99. The summed E-state index contributed by atoms with van der Waals surface area (Å²) in [6.07, 6.45) is 0. The van der Waals surface area contributed by atoms with Crippen LogP contribution in [0.3, 0.4) is 0 Å². The van der Waals surface area contributed by atoms with Crippen LogP contribution in [0.15, 0.2) is 30.8 Å². The first kappa shape index (κ1) is 9.76. The minimum absolute atomic E-state index is 0.390. The highest BCUT2D eigenvalue weighted by atomic mass is 32.2. The summed E-state index contributed by atoms with van der Waals surface area (Å²) >= 11 is -2.08. The van der Waals surface area contributed by atoms with E-state index >= 15 is 0 Å². The van der Waals surface area contributed by atoms with Gasteiger partial charge in [0.1, 0.15) is 0 Å². The van der Waals surface area contributed by atoms with Crippen LogP contribution in [0.2, 0.25) is 0 Å². The van der Waals surface area contributed by atoms with Crippen LogP contribution in [0.4, 0.5) is 5.69 Å². The third-order valence-corrected chi connectivity index (χ3v) is 1.89. The smallest absolute Gasteiger partial charge is 0.259 e. The van der Waals surface area contributed by atoms with Crippen molar-refractivity contribution in [3.63, 3.8) is 0 Å². The topological polar surface area (TPSA) is 75.3 Å². The van der Waals surface area contributed by atoms with Gasteiger partial charge in [0.25, 0.3) is 11.3 Å². The Hall–Kier alpha value is -1.33. The number of nitrogens with two attached hydrogens (primary N) is 1. The summed E-state index contributed by atoms with van der Waals surface area (Å²) in [5.41, 5.74) is 7.23. The van der Waals surface area contributed by atoms with Crippen LogP contribution in [0.1, 0.15) is 5.56 Å². The van der Waals surface area contributed by atoms with Crippen LogP contribution in [0.25, 0.3) is 5.70 Å². The fourth-order valence-electron chi connectivity index (χ4n) is 0.849. The Bertz CT molecular complexity index is 335. The van der Waals surface area contributed by atoms with Gasteiger partial charge in [-0.1, -0.05) is 18.7 Å². The van der Waals surface area contributed by atoms with Crippen molar-refractivity contribution < 1.29 is 8.76 Å². The number of benzene rings is 1. The van der Waals surface area contributed by atoms with Crippen LogP contribution in [-0.2, 0) is 11.3 Å². The Morgan fingerprint density at radius 2 is 2.00 bits per heavy atom. The molecule has 0 radical (unpaired) electrons. The van der Waals surface area contributed by atoms with Gasteiger partial charge in [0.15, 0.2) is 0 Å². The van der Waals surface area contributed by atoms with Crippen LogP contribution in [0, 0.1) is 0 Å². The predicted octanol–water partition coefficient (Wildman–Crippen LogP) is 0.966. The highest BCUT2D eigenvalue weighted by molar-refractivity contribution is 7.77. The molecule has 0 aliphatic heterocycles. The lowest BCUT2D eigenvalue weighted by atomic mass is 10.2. The van der Waals surface area contributed by atoms with Gasteiger partial charge in [-0.15, -0.1) is 0 Å². The SMILES string of the molecule is C=C(NS(=O)O)c1ccc(N)cc1. The van der Waals surface area contributed by atoms with Gasteiger partial charge in [-0.25, -0.2) is 4.21 Å². The second-order valence-electron chi connectivity index (χ2n) is 2.45. The van der Waals surface area contributed by atoms with Crippen molar-refractivity contribution in [2.75, 3.05) is 5.73 Å². The van der Waals surface area contributed by atoms with Gasteiger partial charge in [0.05, 0.1) is 0 Å². The van der Waals surface area contributed by atoms with E-state index in [4.69, 9.17) is 10.3 Å². The predicted molar refractivity (Wildman–Crippen MR) is 53.8 cm³/mol. The molecule has 1 atom stereocenters. The Morgan fingerprint density at radius 3 is 2.46 bits per heavy atom. The fourth-order valence-corrected chi connectivity index (χ4v) is 1.18. The Balaban J connectivity index is 2.78. The highest BCUT2D eigenvalue weighted by Crippen LogP contribution is 2.11. The number of hydrogen-bond acceptors (Lipinski definition) is 2. The molecule has 1 aromatic rings. The molecule has 1 rings (SSSR count). The molecule has 0 aliphatic rings. The Labute approximate surface area is 78.9 Å². The zero-order valence-corrected chi connectivity index (χ0v) is 7.67. The molecule has 0 fully saturated rings. The largest absolute Gasteiger partial charge is 0.399 e. The number of rotatable bonds is 3. The van der Waals surface area contributed by atoms with E-state index in [2.05, 4.69) is 11.3 Å². The molecule has 0 spiro atoms. The van der Waals surface area contributed by atoms with Gasteiger partial charge in [-0.05, 0) is 17.7 Å². The average molecular weight is 198 g/mol. The van der Waals surface area contributed by atoms with E-state index in [9.17, 15) is 4.21 Å². The van der Waals surface area contributed by atoms with Gasteiger partial charge in [-0.2, -0.15) is 0 Å². The van der Waals surface area contributed by atoms with Crippen LogP contribution < -0.4 is 10.5 Å². The summed E-state index contributed by atoms with van der Waals surface area (Å²) in [6.45, 7) is 3.59.